The highest BCUT2D eigenvalue weighted by Gasteiger charge is 2.42. The fraction of sp³-hybridized carbons (Fsp3) is 0.538. The summed E-state index contributed by atoms with van der Waals surface area (Å²) in [6.07, 6.45) is 4.29. The van der Waals surface area contributed by atoms with E-state index in [0.29, 0.717) is 0 Å². The number of rotatable bonds is 4. The molecule has 0 aromatic carbocycles. The molecule has 1 aromatic heterocycles. The molecular formula is C13H18N2O2. The predicted octanol–water partition coefficient (Wildman–Crippen LogP) is 1.56. The molecule has 0 spiro atoms. The van der Waals surface area contributed by atoms with Gasteiger partial charge in [-0.3, -0.25) is 14.7 Å². The van der Waals surface area contributed by atoms with Crippen molar-refractivity contribution in [3.63, 3.8) is 0 Å². The molecule has 1 fully saturated rings. The van der Waals surface area contributed by atoms with Gasteiger partial charge in [-0.2, -0.15) is 0 Å². The SMILES string of the molecule is CC1(C(=O)O)CCCN1CCc1ccccn1. The van der Waals surface area contributed by atoms with E-state index in [1.807, 2.05) is 25.1 Å². The van der Waals surface area contributed by atoms with Crippen LogP contribution in [0.15, 0.2) is 24.4 Å². The van der Waals surface area contributed by atoms with Crippen molar-refractivity contribution in [2.45, 2.75) is 31.7 Å². The standard InChI is InChI=1S/C13H18N2O2/c1-13(12(16)17)7-4-9-15(13)10-6-11-5-2-3-8-14-11/h2-3,5,8H,4,6-7,9-10H2,1H3,(H,16,17). The number of hydrogen-bond acceptors (Lipinski definition) is 3. The summed E-state index contributed by atoms with van der Waals surface area (Å²) in [5.74, 6) is -0.712. The fourth-order valence-electron chi connectivity index (χ4n) is 2.42. The molecule has 0 amide bonds. The lowest BCUT2D eigenvalue weighted by Crippen LogP contribution is -2.48. The van der Waals surface area contributed by atoms with Crippen LogP contribution in [0.1, 0.15) is 25.5 Å². The van der Waals surface area contributed by atoms with E-state index in [9.17, 15) is 9.90 Å². The monoisotopic (exact) mass is 234 g/mol. The maximum atomic E-state index is 11.3. The largest absolute Gasteiger partial charge is 0.480 e. The molecule has 1 atom stereocenters. The zero-order valence-corrected chi connectivity index (χ0v) is 10.1. The first kappa shape index (κ1) is 12.0. The first-order valence-corrected chi connectivity index (χ1v) is 6.01. The summed E-state index contributed by atoms with van der Waals surface area (Å²) >= 11 is 0. The van der Waals surface area contributed by atoms with Gasteiger partial charge in [0, 0.05) is 24.9 Å². The highest BCUT2D eigenvalue weighted by atomic mass is 16.4. The van der Waals surface area contributed by atoms with E-state index in [0.717, 1.165) is 38.0 Å². The number of pyridine rings is 1. The molecule has 1 aliphatic rings. The van der Waals surface area contributed by atoms with Crippen LogP contribution in [0.4, 0.5) is 0 Å². The molecule has 92 valence electrons. The van der Waals surface area contributed by atoms with Crippen LogP contribution in [0, 0.1) is 0 Å². The Kier molecular flexibility index (Phi) is 3.43. The third kappa shape index (κ3) is 2.47. The topological polar surface area (TPSA) is 53.4 Å². The smallest absolute Gasteiger partial charge is 0.323 e. The minimum absolute atomic E-state index is 0.686. The van der Waals surface area contributed by atoms with Gasteiger partial charge >= 0.3 is 5.97 Å². The van der Waals surface area contributed by atoms with Gasteiger partial charge in [-0.25, -0.2) is 0 Å². The molecule has 2 rings (SSSR count). The molecule has 1 aromatic rings. The van der Waals surface area contributed by atoms with Crippen LogP contribution >= 0.6 is 0 Å². The second-order valence-electron chi connectivity index (χ2n) is 4.74. The van der Waals surface area contributed by atoms with Crippen molar-refractivity contribution in [2.24, 2.45) is 0 Å². The number of aromatic nitrogens is 1. The Bertz CT molecular complexity index is 394. The van der Waals surface area contributed by atoms with Crippen molar-refractivity contribution in [1.82, 2.24) is 9.88 Å². The minimum Gasteiger partial charge on any atom is -0.480 e. The summed E-state index contributed by atoms with van der Waals surface area (Å²) in [4.78, 5) is 17.6. The van der Waals surface area contributed by atoms with Gasteiger partial charge in [-0.05, 0) is 38.4 Å². The highest BCUT2D eigenvalue weighted by Crippen LogP contribution is 2.29. The van der Waals surface area contributed by atoms with Crippen molar-refractivity contribution < 1.29 is 9.90 Å². The van der Waals surface area contributed by atoms with Crippen LogP contribution in [0.3, 0.4) is 0 Å². The van der Waals surface area contributed by atoms with Gasteiger partial charge < -0.3 is 5.11 Å². The van der Waals surface area contributed by atoms with Crippen molar-refractivity contribution in [3.8, 4) is 0 Å². The second-order valence-corrected chi connectivity index (χ2v) is 4.74. The summed E-state index contributed by atoms with van der Waals surface area (Å²) < 4.78 is 0. The predicted molar refractivity (Wildman–Crippen MR) is 64.8 cm³/mol. The molecule has 4 nitrogen and oxygen atoms in total. The van der Waals surface area contributed by atoms with Crippen LogP contribution in [0.2, 0.25) is 0 Å². The van der Waals surface area contributed by atoms with E-state index in [-0.39, 0.29) is 0 Å². The van der Waals surface area contributed by atoms with Gasteiger partial charge in [0.2, 0.25) is 0 Å². The van der Waals surface area contributed by atoms with E-state index in [1.165, 1.54) is 0 Å². The van der Waals surface area contributed by atoms with Gasteiger partial charge in [0.1, 0.15) is 5.54 Å². The molecule has 0 aliphatic carbocycles. The van der Waals surface area contributed by atoms with Gasteiger partial charge in [-0.1, -0.05) is 6.07 Å². The van der Waals surface area contributed by atoms with E-state index in [2.05, 4.69) is 9.88 Å². The summed E-state index contributed by atoms with van der Waals surface area (Å²) in [5, 5.41) is 9.28. The molecule has 2 heterocycles. The zero-order chi connectivity index (χ0) is 12.3. The van der Waals surface area contributed by atoms with Gasteiger partial charge in [0.15, 0.2) is 0 Å². The lowest BCUT2D eigenvalue weighted by atomic mass is 9.99. The number of likely N-dealkylation sites (tertiary alicyclic amines) is 1. The Morgan fingerprint density at radius 3 is 3.06 bits per heavy atom. The number of hydrogen-bond donors (Lipinski definition) is 1. The summed E-state index contributed by atoms with van der Waals surface area (Å²) in [6.45, 7) is 3.45. The van der Waals surface area contributed by atoms with Crippen molar-refractivity contribution in [1.29, 1.82) is 0 Å². The average Bonchev–Trinajstić information content (AvgIpc) is 2.71. The van der Waals surface area contributed by atoms with E-state index in [4.69, 9.17) is 0 Å². The normalized spacial score (nSPS) is 25.0. The third-order valence-corrected chi connectivity index (χ3v) is 3.61. The molecule has 1 N–H and O–H groups in total. The Hall–Kier alpha value is -1.42. The van der Waals surface area contributed by atoms with E-state index >= 15 is 0 Å². The van der Waals surface area contributed by atoms with Gasteiger partial charge in [0.05, 0.1) is 0 Å². The fourth-order valence-corrected chi connectivity index (χ4v) is 2.42. The number of carboxylic acids is 1. The summed E-state index contributed by atoms with van der Waals surface area (Å²) in [5.41, 5.74) is 0.335. The molecule has 4 heteroatoms. The lowest BCUT2D eigenvalue weighted by Gasteiger charge is -2.30. The lowest BCUT2D eigenvalue weighted by molar-refractivity contribution is -0.148. The minimum atomic E-state index is -0.712. The Morgan fingerprint density at radius 2 is 2.41 bits per heavy atom. The van der Waals surface area contributed by atoms with E-state index in [1.54, 1.807) is 6.20 Å². The van der Waals surface area contributed by atoms with Crippen molar-refractivity contribution in [2.75, 3.05) is 13.1 Å². The van der Waals surface area contributed by atoms with Crippen LogP contribution in [0.5, 0.6) is 0 Å². The Labute approximate surface area is 101 Å². The molecule has 1 unspecified atom stereocenters. The molecule has 1 saturated heterocycles. The Balaban J connectivity index is 1.97. The molecule has 0 radical (unpaired) electrons. The second kappa shape index (κ2) is 4.84. The van der Waals surface area contributed by atoms with Crippen LogP contribution in [-0.2, 0) is 11.2 Å². The molecule has 1 aliphatic heterocycles. The number of aliphatic carboxylic acids is 1. The van der Waals surface area contributed by atoms with Gasteiger partial charge in [-0.15, -0.1) is 0 Å². The quantitative estimate of drug-likeness (QED) is 0.859. The average molecular weight is 234 g/mol. The van der Waals surface area contributed by atoms with Gasteiger partial charge in [0.25, 0.3) is 0 Å². The summed E-state index contributed by atoms with van der Waals surface area (Å²) in [6, 6.07) is 5.83. The molecular weight excluding hydrogens is 216 g/mol. The van der Waals surface area contributed by atoms with Crippen molar-refractivity contribution >= 4 is 5.97 Å². The summed E-state index contributed by atoms with van der Waals surface area (Å²) in [7, 11) is 0. The maximum absolute atomic E-state index is 11.3. The van der Waals surface area contributed by atoms with Crippen LogP contribution < -0.4 is 0 Å². The first-order chi connectivity index (χ1) is 8.13. The maximum Gasteiger partial charge on any atom is 0.323 e. The van der Waals surface area contributed by atoms with E-state index < -0.39 is 11.5 Å². The Morgan fingerprint density at radius 1 is 1.59 bits per heavy atom. The van der Waals surface area contributed by atoms with Crippen LogP contribution in [0.25, 0.3) is 0 Å². The zero-order valence-electron chi connectivity index (χ0n) is 10.1. The first-order valence-electron chi connectivity index (χ1n) is 6.01. The number of carbonyl (C=O) groups is 1. The van der Waals surface area contributed by atoms with Crippen molar-refractivity contribution in [3.05, 3.63) is 30.1 Å². The molecule has 0 bridgehead atoms. The third-order valence-electron chi connectivity index (χ3n) is 3.61. The molecule has 0 saturated carbocycles. The number of carboxylic acid groups (broad SMARTS) is 1. The number of nitrogens with zero attached hydrogens (tertiary/aromatic N) is 2. The molecule has 17 heavy (non-hydrogen) atoms. The van der Waals surface area contributed by atoms with Crippen LogP contribution in [-0.4, -0.2) is 39.6 Å². The highest BCUT2D eigenvalue weighted by molar-refractivity contribution is 5.78.